The number of benzene rings is 2. The van der Waals surface area contributed by atoms with Gasteiger partial charge in [0.05, 0.1) is 13.7 Å². The highest BCUT2D eigenvalue weighted by Gasteiger charge is 2.00. The van der Waals surface area contributed by atoms with E-state index in [1.54, 1.807) is 13.3 Å². The highest BCUT2D eigenvalue weighted by atomic mass is 16.5. The lowest BCUT2D eigenvalue weighted by atomic mass is 10.1. The Kier molecular flexibility index (Phi) is 6.86. The maximum Gasteiger partial charge on any atom is 0.224 e. The van der Waals surface area contributed by atoms with E-state index in [-0.39, 0.29) is 0 Å². The molecular formula is C21H24N4O2. The smallest absolute Gasteiger partial charge is 0.224 e. The molecule has 0 atom stereocenters. The first-order valence-electron chi connectivity index (χ1n) is 8.95. The lowest BCUT2D eigenvalue weighted by Crippen LogP contribution is -2.14. The molecule has 6 nitrogen and oxygen atoms in total. The Labute approximate surface area is 159 Å². The van der Waals surface area contributed by atoms with Gasteiger partial charge in [-0.25, -0.2) is 4.98 Å². The van der Waals surface area contributed by atoms with E-state index in [0.717, 1.165) is 30.3 Å². The molecule has 140 valence electrons. The summed E-state index contributed by atoms with van der Waals surface area (Å²) in [6.07, 6.45) is 2.69. The van der Waals surface area contributed by atoms with Crippen molar-refractivity contribution < 1.29 is 9.47 Å². The van der Waals surface area contributed by atoms with E-state index in [4.69, 9.17) is 9.47 Å². The second-order valence-corrected chi connectivity index (χ2v) is 5.88. The summed E-state index contributed by atoms with van der Waals surface area (Å²) in [6.45, 7) is 1.95. The summed E-state index contributed by atoms with van der Waals surface area (Å²) >= 11 is 0. The largest absolute Gasteiger partial charge is 0.497 e. The molecule has 27 heavy (non-hydrogen) atoms. The molecule has 0 aliphatic heterocycles. The summed E-state index contributed by atoms with van der Waals surface area (Å²) in [5, 5.41) is 6.50. The molecule has 1 aromatic heterocycles. The maximum absolute atomic E-state index is 5.68. The van der Waals surface area contributed by atoms with Gasteiger partial charge in [0.15, 0.2) is 0 Å². The zero-order chi connectivity index (χ0) is 18.7. The van der Waals surface area contributed by atoms with Gasteiger partial charge in [-0.2, -0.15) is 4.98 Å². The molecule has 0 aliphatic carbocycles. The summed E-state index contributed by atoms with van der Waals surface area (Å²) in [5.41, 5.74) is 1.30. The molecule has 0 saturated heterocycles. The number of ether oxygens (including phenoxy) is 2. The first-order valence-corrected chi connectivity index (χ1v) is 8.95. The minimum atomic E-state index is 0.515. The van der Waals surface area contributed by atoms with Crippen LogP contribution in [0.15, 0.2) is 66.9 Å². The van der Waals surface area contributed by atoms with Gasteiger partial charge in [0.1, 0.15) is 23.9 Å². The quantitative estimate of drug-likeness (QED) is 0.536. The van der Waals surface area contributed by atoms with E-state index in [0.29, 0.717) is 19.1 Å². The van der Waals surface area contributed by atoms with E-state index < -0.39 is 0 Å². The van der Waals surface area contributed by atoms with Crippen LogP contribution in [0, 0.1) is 0 Å². The minimum Gasteiger partial charge on any atom is -0.497 e. The van der Waals surface area contributed by atoms with Crippen molar-refractivity contribution in [3.8, 4) is 11.5 Å². The van der Waals surface area contributed by atoms with Crippen LogP contribution < -0.4 is 20.1 Å². The van der Waals surface area contributed by atoms with Crippen LogP contribution in [0.3, 0.4) is 0 Å². The first kappa shape index (κ1) is 18.5. The van der Waals surface area contributed by atoms with Gasteiger partial charge < -0.3 is 20.1 Å². The molecule has 0 saturated carbocycles. The Morgan fingerprint density at radius 3 is 2.41 bits per heavy atom. The molecule has 1 heterocycles. The molecule has 2 N–H and O–H groups in total. The number of rotatable bonds is 10. The van der Waals surface area contributed by atoms with Crippen LogP contribution in [0.4, 0.5) is 11.8 Å². The van der Waals surface area contributed by atoms with Crippen molar-refractivity contribution in [2.24, 2.45) is 0 Å². The fourth-order valence-corrected chi connectivity index (χ4v) is 2.53. The lowest BCUT2D eigenvalue weighted by Gasteiger charge is -2.10. The van der Waals surface area contributed by atoms with Gasteiger partial charge in [-0.1, -0.05) is 30.3 Å². The van der Waals surface area contributed by atoms with Crippen molar-refractivity contribution in [1.29, 1.82) is 0 Å². The average molecular weight is 364 g/mol. The van der Waals surface area contributed by atoms with E-state index in [2.05, 4.69) is 44.9 Å². The molecule has 0 fully saturated rings. The standard InChI is InChI=1S/C21H24N4O2/c1-26-18-7-9-19(10-8-18)27-16-15-24-21-23-14-12-20(25-21)22-13-11-17-5-3-2-4-6-17/h2-10,12,14H,11,13,15-16H2,1H3,(H2,22,23,24,25). The van der Waals surface area contributed by atoms with Gasteiger partial charge in [0.2, 0.25) is 5.95 Å². The molecule has 3 rings (SSSR count). The fraction of sp³-hybridized carbons (Fsp3) is 0.238. The SMILES string of the molecule is COc1ccc(OCCNc2nccc(NCCc3ccccc3)n2)cc1. The van der Waals surface area contributed by atoms with Gasteiger partial charge >= 0.3 is 0 Å². The van der Waals surface area contributed by atoms with Crippen molar-refractivity contribution in [2.45, 2.75) is 6.42 Å². The minimum absolute atomic E-state index is 0.515. The number of anilines is 2. The zero-order valence-corrected chi connectivity index (χ0v) is 15.4. The second kappa shape index (κ2) is 10.0. The molecule has 0 bridgehead atoms. The van der Waals surface area contributed by atoms with Gasteiger partial charge in [-0.3, -0.25) is 0 Å². The normalized spacial score (nSPS) is 10.3. The van der Waals surface area contributed by atoms with Crippen molar-refractivity contribution in [2.75, 3.05) is 37.4 Å². The predicted octanol–water partition coefficient (Wildman–Crippen LogP) is 3.63. The third-order valence-corrected chi connectivity index (χ3v) is 3.93. The molecule has 2 aromatic carbocycles. The van der Waals surface area contributed by atoms with Crippen LogP contribution in [-0.2, 0) is 6.42 Å². The van der Waals surface area contributed by atoms with E-state index >= 15 is 0 Å². The first-order chi connectivity index (χ1) is 13.3. The van der Waals surface area contributed by atoms with E-state index in [1.165, 1.54) is 5.56 Å². The highest BCUT2D eigenvalue weighted by Crippen LogP contribution is 2.16. The lowest BCUT2D eigenvalue weighted by molar-refractivity contribution is 0.331. The van der Waals surface area contributed by atoms with Crippen LogP contribution in [-0.4, -0.2) is 36.8 Å². The molecule has 3 aromatic rings. The number of nitrogens with one attached hydrogen (secondary N) is 2. The number of methoxy groups -OCH3 is 1. The number of aromatic nitrogens is 2. The van der Waals surface area contributed by atoms with Gasteiger partial charge in [-0.05, 0) is 42.3 Å². The second-order valence-electron chi connectivity index (χ2n) is 5.88. The van der Waals surface area contributed by atoms with Crippen LogP contribution in [0.25, 0.3) is 0 Å². The molecule has 0 unspecified atom stereocenters. The third-order valence-electron chi connectivity index (χ3n) is 3.93. The fourth-order valence-electron chi connectivity index (χ4n) is 2.53. The van der Waals surface area contributed by atoms with Crippen LogP contribution >= 0.6 is 0 Å². The Morgan fingerprint density at radius 2 is 1.63 bits per heavy atom. The predicted molar refractivity (Wildman–Crippen MR) is 108 cm³/mol. The summed E-state index contributed by atoms with van der Waals surface area (Å²) < 4.78 is 10.8. The Balaban J connectivity index is 1.39. The van der Waals surface area contributed by atoms with Gasteiger partial charge in [-0.15, -0.1) is 0 Å². The number of hydrogen-bond acceptors (Lipinski definition) is 6. The maximum atomic E-state index is 5.68. The highest BCUT2D eigenvalue weighted by molar-refractivity contribution is 5.39. The number of hydrogen-bond donors (Lipinski definition) is 2. The summed E-state index contributed by atoms with van der Waals surface area (Å²) in [7, 11) is 1.64. The van der Waals surface area contributed by atoms with E-state index in [1.807, 2.05) is 36.4 Å². The van der Waals surface area contributed by atoms with Crippen LogP contribution in [0.5, 0.6) is 11.5 Å². The Hall–Kier alpha value is -3.28. The van der Waals surface area contributed by atoms with Crippen molar-refractivity contribution in [3.63, 3.8) is 0 Å². The van der Waals surface area contributed by atoms with Crippen molar-refractivity contribution >= 4 is 11.8 Å². The topological polar surface area (TPSA) is 68.3 Å². The van der Waals surface area contributed by atoms with Crippen LogP contribution in [0.1, 0.15) is 5.56 Å². The van der Waals surface area contributed by atoms with Crippen molar-refractivity contribution in [3.05, 3.63) is 72.4 Å². The van der Waals surface area contributed by atoms with Crippen molar-refractivity contribution in [1.82, 2.24) is 9.97 Å². The summed E-state index contributed by atoms with van der Waals surface area (Å²) in [5.74, 6) is 3.00. The Bertz CT molecular complexity index is 810. The molecule has 0 spiro atoms. The molecule has 0 aliphatic rings. The van der Waals surface area contributed by atoms with E-state index in [9.17, 15) is 0 Å². The molecule has 6 heteroatoms. The summed E-state index contributed by atoms with van der Waals surface area (Å²) in [6, 6.07) is 19.7. The molecule has 0 amide bonds. The summed E-state index contributed by atoms with van der Waals surface area (Å²) in [4.78, 5) is 8.70. The Morgan fingerprint density at radius 1 is 0.852 bits per heavy atom. The van der Waals surface area contributed by atoms with Crippen LogP contribution in [0.2, 0.25) is 0 Å². The average Bonchev–Trinajstić information content (AvgIpc) is 2.73. The van der Waals surface area contributed by atoms with Gasteiger partial charge in [0, 0.05) is 12.7 Å². The third kappa shape index (κ3) is 6.18. The molecular weight excluding hydrogens is 340 g/mol. The monoisotopic (exact) mass is 364 g/mol. The van der Waals surface area contributed by atoms with Gasteiger partial charge in [0.25, 0.3) is 0 Å². The zero-order valence-electron chi connectivity index (χ0n) is 15.4. The molecule has 0 radical (unpaired) electrons. The number of nitrogens with zero attached hydrogens (tertiary/aromatic N) is 2.